The highest BCUT2D eigenvalue weighted by atomic mass is 19.1. The average molecular weight is 280 g/mol. The molecular weight excluding hydrogens is 262 g/mol. The first-order valence-corrected chi connectivity index (χ1v) is 7.09. The van der Waals surface area contributed by atoms with Gasteiger partial charge in [-0.25, -0.2) is 8.78 Å². The predicted molar refractivity (Wildman–Crippen MR) is 72.1 cm³/mol. The fourth-order valence-electron chi connectivity index (χ4n) is 2.39. The number of nitrogen functional groups attached to an aromatic ring is 1. The molecule has 1 aromatic rings. The summed E-state index contributed by atoms with van der Waals surface area (Å²) in [6.45, 7) is 1.20. The van der Waals surface area contributed by atoms with Crippen LogP contribution in [0.5, 0.6) is 0 Å². The molecule has 2 fully saturated rings. The second-order valence-corrected chi connectivity index (χ2v) is 5.92. The summed E-state index contributed by atoms with van der Waals surface area (Å²) in [5, 5.41) is 0. The van der Waals surface area contributed by atoms with Gasteiger partial charge >= 0.3 is 0 Å². The van der Waals surface area contributed by atoms with E-state index in [1.807, 2.05) is 0 Å². The van der Waals surface area contributed by atoms with Gasteiger partial charge in [0.2, 0.25) is 0 Å². The lowest BCUT2D eigenvalue weighted by atomic mass is 10.1. The van der Waals surface area contributed by atoms with Gasteiger partial charge in [-0.05, 0) is 49.7 Å². The largest absolute Gasteiger partial charge is 0.396 e. The quantitative estimate of drug-likeness (QED) is 0.843. The zero-order chi connectivity index (χ0) is 14.3. The maximum Gasteiger partial charge on any atom is 0.259 e. The van der Waals surface area contributed by atoms with Gasteiger partial charge in [-0.3, -0.25) is 4.79 Å². The normalized spacial score (nSPS) is 18.1. The van der Waals surface area contributed by atoms with Crippen LogP contribution in [0.1, 0.15) is 36.0 Å². The van der Waals surface area contributed by atoms with Gasteiger partial charge in [-0.2, -0.15) is 0 Å². The zero-order valence-corrected chi connectivity index (χ0v) is 11.2. The minimum absolute atomic E-state index is 0.187. The number of benzene rings is 1. The molecule has 0 atom stereocenters. The van der Waals surface area contributed by atoms with Gasteiger partial charge in [0.05, 0.1) is 5.69 Å². The molecule has 108 valence electrons. The van der Waals surface area contributed by atoms with E-state index in [2.05, 4.69) is 0 Å². The van der Waals surface area contributed by atoms with Crippen molar-refractivity contribution in [3.05, 3.63) is 29.3 Å². The second kappa shape index (κ2) is 5.04. The first-order valence-electron chi connectivity index (χ1n) is 7.09. The van der Waals surface area contributed by atoms with Crippen molar-refractivity contribution in [3.8, 4) is 0 Å². The number of carbonyl (C=O) groups is 1. The number of nitrogens with zero attached hydrogens (tertiary/aromatic N) is 1. The van der Waals surface area contributed by atoms with Gasteiger partial charge in [0.25, 0.3) is 5.91 Å². The Labute approximate surface area is 116 Å². The molecule has 2 N–H and O–H groups in total. The van der Waals surface area contributed by atoms with Crippen LogP contribution in [0.2, 0.25) is 0 Å². The molecule has 5 heteroatoms. The van der Waals surface area contributed by atoms with Gasteiger partial charge in [0.1, 0.15) is 11.4 Å². The Morgan fingerprint density at radius 1 is 1.15 bits per heavy atom. The van der Waals surface area contributed by atoms with Crippen molar-refractivity contribution >= 4 is 11.6 Å². The molecule has 2 aliphatic carbocycles. The predicted octanol–water partition coefficient (Wildman–Crippen LogP) is 2.81. The Hall–Kier alpha value is -1.65. The Balaban J connectivity index is 1.85. The molecule has 0 spiro atoms. The lowest BCUT2D eigenvalue weighted by molar-refractivity contribution is 0.0730. The average Bonchev–Trinajstić information content (AvgIpc) is 3.28. The number of anilines is 1. The van der Waals surface area contributed by atoms with E-state index in [0.29, 0.717) is 24.9 Å². The van der Waals surface area contributed by atoms with Crippen molar-refractivity contribution < 1.29 is 13.6 Å². The fraction of sp³-hybridized carbons (Fsp3) is 0.533. The highest BCUT2D eigenvalue weighted by Crippen LogP contribution is 2.34. The van der Waals surface area contributed by atoms with Gasteiger partial charge in [-0.1, -0.05) is 0 Å². The summed E-state index contributed by atoms with van der Waals surface area (Å²) in [4.78, 5) is 14.1. The Morgan fingerprint density at radius 3 is 2.20 bits per heavy atom. The van der Waals surface area contributed by atoms with E-state index in [4.69, 9.17) is 5.73 Å². The first kappa shape index (κ1) is 13.3. The fourth-order valence-corrected chi connectivity index (χ4v) is 2.39. The highest BCUT2D eigenvalue weighted by molar-refractivity contribution is 5.95. The molecule has 0 bridgehead atoms. The number of hydrogen-bond donors (Lipinski definition) is 1. The third-order valence-electron chi connectivity index (χ3n) is 3.97. The number of nitrogens with two attached hydrogens (primary N) is 1. The zero-order valence-electron chi connectivity index (χ0n) is 11.2. The molecule has 0 unspecified atom stereocenters. The summed E-state index contributed by atoms with van der Waals surface area (Å²) in [5.74, 6) is -1.36. The van der Waals surface area contributed by atoms with Crippen LogP contribution in [0, 0.1) is 23.5 Å². The topological polar surface area (TPSA) is 46.3 Å². The number of rotatable bonds is 5. The van der Waals surface area contributed by atoms with Crippen molar-refractivity contribution in [2.45, 2.75) is 25.7 Å². The number of halogens is 2. The van der Waals surface area contributed by atoms with Crippen molar-refractivity contribution in [2.24, 2.45) is 11.8 Å². The minimum atomic E-state index is -0.938. The third kappa shape index (κ3) is 2.76. The summed E-state index contributed by atoms with van der Waals surface area (Å²) in [6, 6.07) is 2.20. The van der Waals surface area contributed by atoms with E-state index in [9.17, 15) is 13.6 Å². The molecule has 0 heterocycles. The summed E-state index contributed by atoms with van der Waals surface area (Å²) < 4.78 is 27.8. The van der Waals surface area contributed by atoms with Crippen molar-refractivity contribution in [1.29, 1.82) is 0 Å². The van der Waals surface area contributed by atoms with E-state index < -0.39 is 23.1 Å². The number of hydrogen-bond acceptors (Lipinski definition) is 2. The summed E-state index contributed by atoms with van der Waals surface area (Å²) >= 11 is 0. The molecular formula is C15H18F2N2O. The Morgan fingerprint density at radius 2 is 1.70 bits per heavy atom. The van der Waals surface area contributed by atoms with Crippen molar-refractivity contribution in [2.75, 3.05) is 18.8 Å². The van der Waals surface area contributed by atoms with Crippen molar-refractivity contribution in [3.63, 3.8) is 0 Å². The summed E-state index contributed by atoms with van der Waals surface area (Å²) in [6.07, 6.45) is 4.37. The molecule has 2 saturated carbocycles. The van der Waals surface area contributed by atoms with Crippen LogP contribution in [0.15, 0.2) is 12.1 Å². The maximum atomic E-state index is 14.0. The Bertz CT molecular complexity index is 525. The van der Waals surface area contributed by atoms with Crippen LogP contribution in [-0.2, 0) is 0 Å². The van der Waals surface area contributed by atoms with Crippen LogP contribution in [0.4, 0.5) is 14.5 Å². The van der Waals surface area contributed by atoms with Crippen LogP contribution < -0.4 is 5.73 Å². The van der Waals surface area contributed by atoms with E-state index in [1.165, 1.54) is 0 Å². The number of amides is 1. The van der Waals surface area contributed by atoms with E-state index in [-0.39, 0.29) is 5.69 Å². The first-order chi connectivity index (χ1) is 9.56. The Kier molecular flexibility index (Phi) is 3.36. The molecule has 3 nitrogen and oxygen atoms in total. The highest BCUT2D eigenvalue weighted by Gasteiger charge is 2.34. The van der Waals surface area contributed by atoms with Crippen LogP contribution in [0.3, 0.4) is 0 Å². The summed E-state index contributed by atoms with van der Waals surface area (Å²) in [5.41, 5.74) is 4.75. The van der Waals surface area contributed by atoms with Gasteiger partial charge in [-0.15, -0.1) is 0 Å². The molecule has 1 aromatic carbocycles. The van der Waals surface area contributed by atoms with Gasteiger partial charge in [0, 0.05) is 13.1 Å². The van der Waals surface area contributed by atoms with Crippen LogP contribution in [-0.4, -0.2) is 23.9 Å². The second-order valence-electron chi connectivity index (χ2n) is 5.92. The summed E-state index contributed by atoms with van der Waals surface area (Å²) in [7, 11) is 0. The third-order valence-corrected chi connectivity index (χ3v) is 3.97. The van der Waals surface area contributed by atoms with E-state index in [0.717, 1.165) is 37.8 Å². The van der Waals surface area contributed by atoms with Crippen LogP contribution >= 0.6 is 0 Å². The van der Waals surface area contributed by atoms with E-state index >= 15 is 0 Å². The molecule has 3 rings (SSSR count). The molecule has 20 heavy (non-hydrogen) atoms. The standard InChI is InChI=1S/C15H18F2N2O/c16-11-5-6-12(18)14(17)13(11)15(20)19(7-9-1-2-9)8-10-3-4-10/h5-6,9-10H,1-4,7-8,18H2. The SMILES string of the molecule is Nc1ccc(F)c(C(=O)N(CC2CC2)CC2CC2)c1F. The smallest absolute Gasteiger partial charge is 0.259 e. The van der Waals surface area contributed by atoms with Crippen molar-refractivity contribution in [1.82, 2.24) is 4.90 Å². The monoisotopic (exact) mass is 280 g/mol. The maximum absolute atomic E-state index is 14.0. The van der Waals surface area contributed by atoms with Gasteiger partial charge < -0.3 is 10.6 Å². The molecule has 2 aliphatic rings. The molecule has 0 saturated heterocycles. The lowest BCUT2D eigenvalue weighted by Gasteiger charge is -2.23. The molecule has 0 aliphatic heterocycles. The van der Waals surface area contributed by atoms with Gasteiger partial charge in [0.15, 0.2) is 5.82 Å². The number of carbonyl (C=O) groups excluding carboxylic acids is 1. The molecule has 0 radical (unpaired) electrons. The minimum Gasteiger partial charge on any atom is -0.396 e. The van der Waals surface area contributed by atoms with Crippen LogP contribution in [0.25, 0.3) is 0 Å². The lowest BCUT2D eigenvalue weighted by Crippen LogP contribution is -2.36. The van der Waals surface area contributed by atoms with E-state index in [1.54, 1.807) is 4.90 Å². The molecule has 1 amide bonds. The molecule has 0 aromatic heterocycles.